The van der Waals surface area contributed by atoms with E-state index >= 15 is 0 Å². The lowest BCUT2D eigenvalue weighted by atomic mass is 10.1. The van der Waals surface area contributed by atoms with Gasteiger partial charge in [-0.05, 0) is 29.8 Å². The summed E-state index contributed by atoms with van der Waals surface area (Å²) in [6.07, 6.45) is 0. The van der Waals surface area contributed by atoms with Gasteiger partial charge in [0.1, 0.15) is 12.4 Å². The smallest absolute Gasteiger partial charge is 0.261 e. The van der Waals surface area contributed by atoms with Crippen LogP contribution in [-0.2, 0) is 6.61 Å². The molecule has 0 bridgehead atoms. The largest absolute Gasteiger partial charge is 0.489 e. The minimum atomic E-state index is 0.480. The number of aromatic amines is 1. The van der Waals surface area contributed by atoms with Crippen molar-refractivity contribution in [1.82, 2.24) is 15.4 Å². The van der Waals surface area contributed by atoms with Gasteiger partial charge in [-0.15, -0.1) is 5.10 Å². The first-order valence-electron chi connectivity index (χ1n) is 6.59. The average Bonchev–Trinajstić information content (AvgIpc) is 3.03. The standard InChI is InChI=1S/C16H15N3O2/c1-20-16-15(17-19-18-16)13-7-9-14(10-8-13)21-11-12-5-3-2-4-6-12/h2-10H,11H2,1H3,(H,17,18,19). The van der Waals surface area contributed by atoms with Crippen LogP contribution < -0.4 is 9.47 Å². The number of nitrogens with one attached hydrogen (secondary N) is 1. The Morgan fingerprint density at radius 2 is 1.71 bits per heavy atom. The van der Waals surface area contributed by atoms with E-state index in [2.05, 4.69) is 15.4 Å². The second-order valence-electron chi connectivity index (χ2n) is 4.48. The van der Waals surface area contributed by atoms with Gasteiger partial charge < -0.3 is 9.47 Å². The molecule has 1 N–H and O–H groups in total. The number of rotatable bonds is 5. The van der Waals surface area contributed by atoms with Crippen LogP contribution >= 0.6 is 0 Å². The molecule has 2 aromatic carbocycles. The Hall–Kier alpha value is -2.82. The van der Waals surface area contributed by atoms with Gasteiger partial charge in [0.05, 0.1) is 7.11 Å². The number of benzene rings is 2. The third kappa shape index (κ3) is 3.02. The quantitative estimate of drug-likeness (QED) is 0.780. The molecule has 3 aromatic rings. The Balaban J connectivity index is 1.70. The molecular formula is C16H15N3O2. The molecule has 0 saturated carbocycles. The SMILES string of the molecule is COc1n[nH]nc1-c1ccc(OCc2ccccc2)cc1. The van der Waals surface area contributed by atoms with E-state index in [1.165, 1.54) is 0 Å². The normalized spacial score (nSPS) is 10.3. The minimum Gasteiger partial charge on any atom is -0.489 e. The Morgan fingerprint density at radius 3 is 2.43 bits per heavy atom. The maximum atomic E-state index is 5.75. The van der Waals surface area contributed by atoms with Gasteiger partial charge >= 0.3 is 0 Å². The van der Waals surface area contributed by atoms with Gasteiger partial charge in [-0.3, -0.25) is 0 Å². The minimum absolute atomic E-state index is 0.480. The molecule has 0 unspecified atom stereocenters. The molecular weight excluding hydrogens is 266 g/mol. The van der Waals surface area contributed by atoms with Crippen molar-refractivity contribution in [2.75, 3.05) is 7.11 Å². The lowest BCUT2D eigenvalue weighted by Gasteiger charge is -2.07. The fraction of sp³-hybridized carbons (Fsp3) is 0.125. The average molecular weight is 281 g/mol. The Kier molecular flexibility index (Phi) is 3.82. The highest BCUT2D eigenvalue weighted by atomic mass is 16.5. The Labute approximate surface area is 122 Å². The van der Waals surface area contributed by atoms with Crippen LogP contribution in [0.25, 0.3) is 11.3 Å². The molecule has 0 radical (unpaired) electrons. The fourth-order valence-corrected chi connectivity index (χ4v) is 2.00. The summed E-state index contributed by atoms with van der Waals surface area (Å²) in [5.41, 5.74) is 2.75. The van der Waals surface area contributed by atoms with Gasteiger partial charge in [0.15, 0.2) is 5.69 Å². The summed E-state index contributed by atoms with van der Waals surface area (Å²) in [6.45, 7) is 0.549. The second-order valence-corrected chi connectivity index (χ2v) is 4.48. The zero-order chi connectivity index (χ0) is 14.5. The summed E-state index contributed by atoms with van der Waals surface area (Å²) < 4.78 is 10.9. The molecule has 1 aromatic heterocycles. The van der Waals surface area contributed by atoms with Crippen LogP contribution in [0.3, 0.4) is 0 Å². The maximum absolute atomic E-state index is 5.75. The van der Waals surface area contributed by atoms with Crippen molar-refractivity contribution in [3.05, 3.63) is 60.2 Å². The van der Waals surface area contributed by atoms with Crippen LogP contribution in [0, 0.1) is 0 Å². The van der Waals surface area contributed by atoms with Crippen molar-refractivity contribution in [1.29, 1.82) is 0 Å². The van der Waals surface area contributed by atoms with Crippen molar-refractivity contribution < 1.29 is 9.47 Å². The first-order valence-corrected chi connectivity index (χ1v) is 6.59. The fourth-order valence-electron chi connectivity index (χ4n) is 2.00. The van der Waals surface area contributed by atoms with Crippen molar-refractivity contribution >= 4 is 0 Å². The third-order valence-corrected chi connectivity index (χ3v) is 3.09. The van der Waals surface area contributed by atoms with Crippen molar-refractivity contribution in [2.24, 2.45) is 0 Å². The molecule has 0 atom stereocenters. The van der Waals surface area contributed by atoms with Gasteiger partial charge in [0.2, 0.25) is 0 Å². The number of nitrogens with zero attached hydrogens (tertiary/aromatic N) is 2. The van der Waals surface area contributed by atoms with E-state index in [0.29, 0.717) is 18.2 Å². The summed E-state index contributed by atoms with van der Waals surface area (Å²) in [4.78, 5) is 0. The predicted molar refractivity (Wildman–Crippen MR) is 79.1 cm³/mol. The number of hydrogen-bond donors (Lipinski definition) is 1. The lowest BCUT2D eigenvalue weighted by Crippen LogP contribution is -1.94. The van der Waals surface area contributed by atoms with E-state index in [0.717, 1.165) is 16.9 Å². The molecule has 0 fully saturated rings. The van der Waals surface area contributed by atoms with Crippen LogP contribution in [0.1, 0.15) is 5.56 Å². The molecule has 0 aliphatic heterocycles. The van der Waals surface area contributed by atoms with Gasteiger partial charge in [0.25, 0.3) is 5.88 Å². The van der Waals surface area contributed by atoms with Gasteiger partial charge in [-0.1, -0.05) is 30.3 Å². The molecule has 106 valence electrons. The van der Waals surface area contributed by atoms with Gasteiger partial charge in [-0.2, -0.15) is 10.3 Å². The maximum Gasteiger partial charge on any atom is 0.261 e. The molecule has 0 saturated heterocycles. The Bertz CT molecular complexity index is 693. The monoisotopic (exact) mass is 281 g/mol. The molecule has 0 aliphatic carbocycles. The van der Waals surface area contributed by atoms with Crippen molar-refractivity contribution in [2.45, 2.75) is 6.61 Å². The predicted octanol–water partition coefficient (Wildman–Crippen LogP) is 3.06. The van der Waals surface area contributed by atoms with E-state index in [-0.39, 0.29) is 0 Å². The number of H-pyrrole nitrogens is 1. The number of hydrogen-bond acceptors (Lipinski definition) is 4. The highest BCUT2D eigenvalue weighted by molar-refractivity contribution is 5.64. The zero-order valence-electron chi connectivity index (χ0n) is 11.6. The van der Waals surface area contributed by atoms with E-state index in [9.17, 15) is 0 Å². The molecule has 1 heterocycles. The van der Waals surface area contributed by atoms with Crippen molar-refractivity contribution in [3.63, 3.8) is 0 Å². The summed E-state index contributed by atoms with van der Waals surface area (Å²) in [7, 11) is 1.57. The van der Waals surface area contributed by atoms with Crippen LogP contribution in [0.4, 0.5) is 0 Å². The topological polar surface area (TPSA) is 60.0 Å². The van der Waals surface area contributed by atoms with E-state index in [4.69, 9.17) is 9.47 Å². The highest BCUT2D eigenvalue weighted by Crippen LogP contribution is 2.26. The van der Waals surface area contributed by atoms with E-state index in [1.54, 1.807) is 7.11 Å². The molecule has 0 spiro atoms. The molecule has 0 amide bonds. The molecule has 5 nitrogen and oxygen atoms in total. The number of ether oxygens (including phenoxy) is 2. The van der Waals surface area contributed by atoms with Gasteiger partial charge in [0, 0.05) is 5.56 Å². The highest BCUT2D eigenvalue weighted by Gasteiger charge is 2.10. The van der Waals surface area contributed by atoms with Crippen molar-refractivity contribution in [3.8, 4) is 22.9 Å². The third-order valence-electron chi connectivity index (χ3n) is 3.09. The van der Waals surface area contributed by atoms with Crippen LogP contribution in [0.2, 0.25) is 0 Å². The molecule has 0 aliphatic rings. The Morgan fingerprint density at radius 1 is 0.952 bits per heavy atom. The summed E-state index contributed by atoms with van der Waals surface area (Å²) in [5.74, 6) is 1.29. The van der Waals surface area contributed by atoms with Gasteiger partial charge in [-0.25, -0.2) is 0 Å². The second kappa shape index (κ2) is 6.09. The molecule has 3 rings (SSSR count). The summed E-state index contributed by atoms with van der Waals surface area (Å²) in [6, 6.07) is 17.7. The van der Waals surface area contributed by atoms with Crippen LogP contribution in [-0.4, -0.2) is 22.5 Å². The van der Waals surface area contributed by atoms with E-state index < -0.39 is 0 Å². The van der Waals surface area contributed by atoms with Crippen LogP contribution in [0.5, 0.6) is 11.6 Å². The zero-order valence-corrected chi connectivity index (χ0v) is 11.6. The summed E-state index contributed by atoms with van der Waals surface area (Å²) in [5, 5.41) is 10.6. The lowest BCUT2D eigenvalue weighted by molar-refractivity contribution is 0.306. The number of methoxy groups -OCH3 is 1. The van der Waals surface area contributed by atoms with E-state index in [1.807, 2.05) is 54.6 Å². The first-order chi connectivity index (χ1) is 10.4. The number of aromatic nitrogens is 3. The summed E-state index contributed by atoms with van der Waals surface area (Å²) >= 11 is 0. The van der Waals surface area contributed by atoms with Crippen LogP contribution in [0.15, 0.2) is 54.6 Å². The molecule has 5 heteroatoms. The molecule has 21 heavy (non-hydrogen) atoms. The first kappa shape index (κ1) is 13.2.